The van der Waals surface area contributed by atoms with E-state index in [2.05, 4.69) is 38.3 Å². The van der Waals surface area contributed by atoms with Gasteiger partial charge in [0.1, 0.15) is 6.61 Å². The van der Waals surface area contributed by atoms with Crippen molar-refractivity contribution in [2.24, 2.45) is 11.8 Å². The van der Waals surface area contributed by atoms with E-state index in [9.17, 15) is 9.59 Å². The summed E-state index contributed by atoms with van der Waals surface area (Å²) in [4.78, 5) is 24.6. The maximum absolute atomic E-state index is 12.4. The predicted octanol–water partition coefficient (Wildman–Crippen LogP) is 4.26. The van der Waals surface area contributed by atoms with Crippen LogP contribution in [-0.2, 0) is 16.1 Å². The number of ether oxygens (including phenoxy) is 1. The molecule has 1 aromatic rings. The first-order valence-corrected chi connectivity index (χ1v) is 11.4. The summed E-state index contributed by atoms with van der Waals surface area (Å²) in [6.07, 6.45) is 3.13. The van der Waals surface area contributed by atoms with Crippen LogP contribution in [-0.4, -0.2) is 42.5 Å². The van der Waals surface area contributed by atoms with Crippen molar-refractivity contribution in [2.75, 3.05) is 18.6 Å². The molecule has 0 heterocycles. The first-order chi connectivity index (χ1) is 13.3. The predicted molar refractivity (Wildman–Crippen MR) is 118 cm³/mol. The van der Waals surface area contributed by atoms with Crippen molar-refractivity contribution in [1.29, 1.82) is 0 Å². The van der Waals surface area contributed by atoms with Gasteiger partial charge >= 0.3 is 6.09 Å². The van der Waals surface area contributed by atoms with Crippen molar-refractivity contribution in [3.63, 3.8) is 0 Å². The Morgan fingerprint density at radius 3 is 2.25 bits per heavy atom. The van der Waals surface area contributed by atoms with Gasteiger partial charge in [0.2, 0.25) is 0 Å². The number of hydrogen-bond donors (Lipinski definition) is 2. The molecule has 6 heteroatoms. The highest BCUT2D eigenvalue weighted by Crippen LogP contribution is 2.10. The first kappa shape index (κ1) is 24.5. The van der Waals surface area contributed by atoms with Crippen LogP contribution in [0.25, 0.3) is 0 Å². The van der Waals surface area contributed by atoms with E-state index in [4.69, 9.17) is 4.74 Å². The number of nitrogens with one attached hydrogen (secondary N) is 2. The molecule has 0 aromatic heterocycles. The molecule has 0 saturated heterocycles. The number of rotatable bonds is 13. The molecule has 5 nitrogen and oxygen atoms in total. The fourth-order valence-electron chi connectivity index (χ4n) is 3.02. The number of thioether (sulfide) groups is 1. The van der Waals surface area contributed by atoms with Gasteiger partial charge in [0.15, 0.2) is 5.78 Å². The smallest absolute Gasteiger partial charge is 0.407 e. The zero-order valence-corrected chi connectivity index (χ0v) is 18.7. The van der Waals surface area contributed by atoms with Crippen LogP contribution in [0.2, 0.25) is 0 Å². The fraction of sp³-hybridized carbons (Fsp3) is 0.636. The number of carbonyl (C=O) groups excluding carboxylic acids is 2. The number of ketones is 1. The molecule has 1 rings (SSSR count). The molecule has 0 aliphatic rings. The van der Waals surface area contributed by atoms with Crippen LogP contribution in [0.3, 0.4) is 0 Å². The third-order valence-electron chi connectivity index (χ3n) is 4.28. The second-order valence-corrected chi connectivity index (χ2v) is 8.89. The maximum Gasteiger partial charge on any atom is 0.407 e. The van der Waals surface area contributed by atoms with E-state index in [0.717, 1.165) is 18.4 Å². The highest BCUT2D eigenvalue weighted by atomic mass is 32.2. The van der Waals surface area contributed by atoms with Crippen molar-refractivity contribution < 1.29 is 14.3 Å². The summed E-state index contributed by atoms with van der Waals surface area (Å²) in [5.74, 6) is 1.57. The summed E-state index contributed by atoms with van der Waals surface area (Å²) in [6.45, 7) is 9.27. The molecule has 0 spiro atoms. The molecule has 0 radical (unpaired) electrons. The molecule has 28 heavy (non-hydrogen) atoms. The fourth-order valence-corrected chi connectivity index (χ4v) is 3.51. The van der Waals surface area contributed by atoms with Gasteiger partial charge in [0.25, 0.3) is 0 Å². The number of benzene rings is 1. The molecular formula is C22H36N2O3S. The second kappa shape index (κ2) is 13.6. The van der Waals surface area contributed by atoms with Gasteiger partial charge < -0.3 is 15.4 Å². The molecule has 0 saturated carbocycles. The molecule has 158 valence electrons. The lowest BCUT2D eigenvalue weighted by atomic mass is 9.99. The van der Waals surface area contributed by atoms with Crippen molar-refractivity contribution in [3.05, 3.63) is 35.9 Å². The molecule has 0 aliphatic carbocycles. The third-order valence-corrected chi connectivity index (χ3v) is 4.86. The Kier molecular flexibility index (Phi) is 11.9. The van der Waals surface area contributed by atoms with Crippen molar-refractivity contribution >= 4 is 23.6 Å². The lowest BCUT2D eigenvalue weighted by Gasteiger charge is -2.25. The van der Waals surface area contributed by atoms with E-state index in [-0.39, 0.29) is 24.5 Å². The van der Waals surface area contributed by atoms with Gasteiger partial charge in [-0.15, -0.1) is 0 Å². The molecule has 2 atom stereocenters. The van der Waals surface area contributed by atoms with Gasteiger partial charge in [-0.1, -0.05) is 58.0 Å². The summed E-state index contributed by atoms with van der Waals surface area (Å²) in [7, 11) is 0. The summed E-state index contributed by atoms with van der Waals surface area (Å²) >= 11 is 1.55. The van der Waals surface area contributed by atoms with Crippen molar-refractivity contribution in [2.45, 2.75) is 59.2 Å². The van der Waals surface area contributed by atoms with Crippen LogP contribution in [0.5, 0.6) is 0 Å². The number of hydrogen-bond acceptors (Lipinski definition) is 5. The van der Waals surface area contributed by atoms with Gasteiger partial charge in [-0.2, -0.15) is 11.8 Å². The normalized spacial score (nSPS) is 13.4. The van der Waals surface area contributed by atoms with E-state index in [0.29, 0.717) is 24.1 Å². The van der Waals surface area contributed by atoms with Crippen LogP contribution >= 0.6 is 11.8 Å². The van der Waals surface area contributed by atoms with Crippen LogP contribution < -0.4 is 10.6 Å². The van der Waals surface area contributed by atoms with Gasteiger partial charge in [-0.25, -0.2) is 4.79 Å². The van der Waals surface area contributed by atoms with E-state index in [1.54, 1.807) is 11.8 Å². The van der Waals surface area contributed by atoms with Gasteiger partial charge in [0.05, 0.1) is 11.8 Å². The molecule has 0 aliphatic heterocycles. The SMILES string of the molecule is CSCC(=O)C(CC(C)C)NCC(CC(C)C)NC(=O)OCc1ccccc1. The Hall–Kier alpha value is -1.53. The van der Waals surface area contributed by atoms with Crippen LogP contribution in [0.4, 0.5) is 4.79 Å². The second-order valence-electron chi connectivity index (χ2n) is 8.02. The van der Waals surface area contributed by atoms with Crippen molar-refractivity contribution in [3.8, 4) is 0 Å². The van der Waals surface area contributed by atoms with Crippen LogP contribution in [0.15, 0.2) is 30.3 Å². The molecule has 1 amide bonds. The molecule has 1 aromatic carbocycles. The van der Waals surface area contributed by atoms with Crippen LogP contribution in [0, 0.1) is 11.8 Å². The maximum atomic E-state index is 12.4. The van der Waals surface area contributed by atoms with E-state index in [1.165, 1.54) is 0 Å². The Morgan fingerprint density at radius 1 is 1.04 bits per heavy atom. The molecule has 0 fully saturated rings. The summed E-state index contributed by atoms with van der Waals surface area (Å²) < 4.78 is 5.35. The minimum atomic E-state index is -0.424. The largest absolute Gasteiger partial charge is 0.445 e. The van der Waals surface area contributed by atoms with Crippen LogP contribution in [0.1, 0.15) is 46.1 Å². The third kappa shape index (κ3) is 10.7. The minimum Gasteiger partial charge on any atom is -0.445 e. The van der Waals surface area contributed by atoms with Gasteiger partial charge in [-0.05, 0) is 36.5 Å². The summed E-state index contributed by atoms with van der Waals surface area (Å²) in [6, 6.07) is 9.36. The topological polar surface area (TPSA) is 67.4 Å². The Bertz CT molecular complexity index is 578. The minimum absolute atomic E-state index is 0.0833. The van der Waals surface area contributed by atoms with E-state index >= 15 is 0 Å². The van der Waals surface area contributed by atoms with Gasteiger partial charge in [-0.3, -0.25) is 4.79 Å². The summed E-state index contributed by atoms with van der Waals surface area (Å²) in [5.41, 5.74) is 0.954. The highest BCUT2D eigenvalue weighted by molar-refractivity contribution is 7.99. The number of alkyl carbamates (subject to hydrolysis) is 1. The average Bonchev–Trinajstić information content (AvgIpc) is 2.63. The quantitative estimate of drug-likeness (QED) is 0.510. The standard InChI is InChI=1S/C22H36N2O3S/c1-16(2)11-19(13-23-20(12-17(3)4)21(25)15-28-5)24-22(26)27-14-18-9-7-6-8-10-18/h6-10,16-17,19-20,23H,11-15H2,1-5H3,(H,24,26). The van der Waals surface area contributed by atoms with Gasteiger partial charge in [0, 0.05) is 12.6 Å². The first-order valence-electron chi connectivity index (χ1n) is 10.0. The Balaban J connectivity index is 2.59. The Labute approximate surface area is 174 Å². The molecule has 2 N–H and O–H groups in total. The average molecular weight is 409 g/mol. The number of amides is 1. The summed E-state index contributed by atoms with van der Waals surface area (Å²) in [5, 5.41) is 6.35. The monoisotopic (exact) mass is 408 g/mol. The zero-order valence-electron chi connectivity index (χ0n) is 17.9. The lowest BCUT2D eigenvalue weighted by molar-refractivity contribution is -0.118. The Morgan fingerprint density at radius 2 is 1.68 bits per heavy atom. The lowest BCUT2D eigenvalue weighted by Crippen LogP contribution is -2.48. The van der Waals surface area contributed by atoms with E-state index in [1.807, 2.05) is 36.6 Å². The van der Waals surface area contributed by atoms with E-state index < -0.39 is 6.09 Å². The highest BCUT2D eigenvalue weighted by Gasteiger charge is 2.22. The van der Waals surface area contributed by atoms with Crippen molar-refractivity contribution in [1.82, 2.24) is 10.6 Å². The molecule has 2 unspecified atom stereocenters. The molecule has 0 bridgehead atoms. The number of carbonyl (C=O) groups is 2. The zero-order chi connectivity index (χ0) is 20.9. The number of Topliss-reactive ketones (excluding diaryl/α,β-unsaturated/α-hetero) is 1. The molecular weight excluding hydrogens is 372 g/mol.